The standard InChI is InChI=1S/C22H24N4O3/c1-15(25-11-10-16-6-2-3-7-17(16)13-25)12-23-20(27)14-26-22(29)19-9-5-4-8-18(19)21(28)24-26/h2-9,15H,10-14H2,1H3,(H,23,27)(H,24,28). The van der Waals surface area contributed by atoms with Crippen LogP contribution in [0.4, 0.5) is 0 Å². The number of H-pyrrole nitrogens is 1. The Labute approximate surface area is 167 Å². The summed E-state index contributed by atoms with van der Waals surface area (Å²) in [6.07, 6.45) is 1.00. The molecular formula is C22H24N4O3. The average molecular weight is 392 g/mol. The van der Waals surface area contributed by atoms with E-state index in [1.165, 1.54) is 11.1 Å². The second kappa shape index (κ2) is 8.05. The summed E-state index contributed by atoms with van der Waals surface area (Å²) in [5.41, 5.74) is 1.96. The lowest BCUT2D eigenvalue weighted by atomic mass is 9.99. The van der Waals surface area contributed by atoms with Crippen molar-refractivity contribution in [1.29, 1.82) is 0 Å². The van der Waals surface area contributed by atoms with Crippen LogP contribution in [0.15, 0.2) is 58.1 Å². The molecule has 0 bridgehead atoms. The molecule has 3 aromatic rings. The maximum absolute atomic E-state index is 12.5. The van der Waals surface area contributed by atoms with Crippen LogP contribution in [-0.4, -0.2) is 39.7 Å². The van der Waals surface area contributed by atoms with Crippen molar-refractivity contribution in [3.05, 3.63) is 80.4 Å². The summed E-state index contributed by atoms with van der Waals surface area (Å²) in [6.45, 7) is 4.16. The minimum Gasteiger partial charge on any atom is -0.353 e. The van der Waals surface area contributed by atoms with E-state index in [9.17, 15) is 14.4 Å². The average Bonchev–Trinajstić information content (AvgIpc) is 2.75. The Kier molecular flexibility index (Phi) is 5.31. The zero-order valence-electron chi connectivity index (χ0n) is 16.4. The number of nitrogens with zero attached hydrogens (tertiary/aromatic N) is 2. The van der Waals surface area contributed by atoms with E-state index >= 15 is 0 Å². The predicted octanol–water partition coefficient (Wildman–Crippen LogP) is 1.25. The van der Waals surface area contributed by atoms with Crippen molar-refractivity contribution < 1.29 is 4.79 Å². The first-order valence-electron chi connectivity index (χ1n) is 9.82. The van der Waals surface area contributed by atoms with Crippen molar-refractivity contribution in [2.45, 2.75) is 32.5 Å². The molecule has 4 rings (SSSR count). The van der Waals surface area contributed by atoms with E-state index in [4.69, 9.17) is 0 Å². The van der Waals surface area contributed by atoms with Crippen LogP contribution in [-0.2, 0) is 24.3 Å². The van der Waals surface area contributed by atoms with Gasteiger partial charge >= 0.3 is 0 Å². The van der Waals surface area contributed by atoms with Crippen LogP contribution in [0.3, 0.4) is 0 Å². The van der Waals surface area contributed by atoms with E-state index in [0.717, 1.165) is 24.2 Å². The van der Waals surface area contributed by atoms with Crippen molar-refractivity contribution in [3.63, 3.8) is 0 Å². The summed E-state index contributed by atoms with van der Waals surface area (Å²) in [5.74, 6) is -0.303. The first-order valence-corrected chi connectivity index (χ1v) is 9.82. The Morgan fingerprint density at radius 3 is 2.55 bits per heavy atom. The van der Waals surface area contributed by atoms with Gasteiger partial charge in [-0.1, -0.05) is 36.4 Å². The Morgan fingerprint density at radius 1 is 1.07 bits per heavy atom. The van der Waals surface area contributed by atoms with Crippen LogP contribution in [0.25, 0.3) is 10.8 Å². The summed E-state index contributed by atoms with van der Waals surface area (Å²) in [6, 6.07) is 15.2. The van der Waals surface area contributed by atoms with E-state index in [-0.39, 0.29) is 29.6 Å². The largest absolute Gasteiger partial charge is 0.353 e. The molecule has 1 atom stereocenters. The number of aromatic nitrogens is 2. The van der Waals surface area contributed by atoms with Gasteiger partial charge in [-0.3, -0.25) is 24.4 Å². The molecule has 1 aliphatic rings. The highest BCUT2D eigenvalue weighted by molar-refractivity contribution is 5.81. The van der Waals surface area contributed by atoms with Gasteiger partial charge in [0.1, 0.15) is 6.54 Å². The van der Waals surface area contributed by atoms with Gasteiger partial charge in [0.2, 0.25) is 5.91 Å². The molecule has 1 aliphatic heterocycles. The van der Waals surface area contributed by atoms with Gasteiger partial charge in [-0.05, 0) is 36.6 Å². The zero-order valence-corrected chi connectivity index (χ0v) is 16.4. The van der Waals surface area contributed by atoms with Crippen molar-refractivity contribution in [2.24, 2.45) is 0 Å². The lowest BCUT2D eigenvalue weighted by Crippen LogP contribution is -2.45. The first kappa shape index (κ1) is 19.1. The number of aromatic amines is 1. The summed E-state index contributed by atoms with van der Waals surface area (Å²) < 4.78 is 1.07. The molecule has 0 saturated heterocycles. The molecule has 7 nitrogen and oxygen atoms in total. The number of carbonyl (C=O) groups excluding carboxylic acids is 1. The van der Waals surface area contributed by atoms with Crippen LogP contribution in [0.5, 0.6) is 0 Å². The first-order chi connectivity index (χ1) is 14.0. The molecule has 0 aliphatic carbocycles. The minimum atomic E-state index is -0.381. The highest BCUT2D eigenvalue weighted by Crippen LogP contribution is 2.19. The van der Waals surface area contributed by atoms with E-state index in [1.54, 1.807) is 24.3 Å². The summed E-state index contributed by atoms with van der Waals surface area (Å²) in [5, 5.41) is 6.01. The van der Waals surface area contributed by atoms with E-state index in [2.05, 4.69) is 46.5 Å². The lowest BCUT2D eigenvalue weighted by molar-refractivity contribution is -0.122. The molecule has 29 heavy (non-hydrogen) atoms. The molecule has 0 radical (unpaired) electrons. The number of hydrogen-bond donors (Lipinski definition) is 2. The summed E-state index contributed by atoms with van der Waals surface area (Å²) in [4.78, 5) is 39.4. The van der Waals surface area contributed by atoms with Gasteiger partial charge in [0.25, 0.3) is 11.1 Å². The van der Waals surface area contributed by atoms with Gasteiger partial charge in [0, 0.05) is 25.7 Å². The van der Waals surface area contributed by atoms with Gasteiger partial charge in [0.15, 0.2) is 0 Å². The van der Waals surface area contributed by atoms with Crippen molar-refractivity contribution in [3.8, 4) is 0 Å². The van der Waals surface area contributed by atoms with Crippen LogP contribution in [0, 0.1) is 0 Å². The number of hydrogen-bond acceptors (Lipinski definition) is 4. The third-order valence-electron chi connectivity index (χ3n) is 5.56. The molecule has 7 heteroatoms. The summed E-state index contributed by atoms with van der Waals surface area (Å²) in [7, 11) is 0. The molecule has 1 amide bonds. The number of nitrogens with one attached hydrogen (secondary N) is 2. The topological polar surface area (TPSA) is 87.2 Å². The smallest absolute Gasteiger partial charge is 0.273 e. The van der Waals surface area contributed by atoms with Gasteiger partial charge in [-0.2, -0.15) is 0 Å². The number of rotatable bonds is 5. The number of fused-ring (bicyclic) bond motifs is 2. The molecule has 0 saturated carbocycles. The van der Waals surface area contributed by atoms with Gasteiger partial charge < -0.3 is 5.32 Å². The van der Waals surface area contributed by atoms with Crippen LogP contribution in [0.2, 0.25) is 0 Å². The molecule has 2 N–H and O–H groups in total. The fourth-order valence-electron chi connectivity index (χ4n) is 3.84. The molecule has 2 aromatic carbocycles. The molecule has 1 unspecified atom stereocenters. The summed E-state index contributed by atoms with van der Waals surface area (Å²) >= 11 is 0. The van der Waals surface area contributed by atoms with E-state index < -0.39 is 0 Å². The fourth-order valence-corrected chi connectivity index (χ4v) is 3.84. The van der Waals surface area contributed by atoms with Crippen LogP contribution >= 0.6 is 0 Å². The Balaban J connectivity index is 1.38. The van der Waals surface area contributed by atoms with E-state index in [1.807, 2.05) is 0 Å². The Hall–Kier alpha value is -3.19. The Morgan fingerprint density at radius 2 is 1.76 bits per heavy atom. The fraction of sp³-hybridized carbons (Fsp3) is 0.318. The predicted molar refractivity (Wildman–Crippen MR) is 112 cm³/mol. The minimum absolute atomic E-state index is 0.166. The maximum Gasteiger partial charge on any atom is 0.273 e. The van der Waals surface area contributed by atoms with Crippen molar-refractivity contribution in [1.82, 2.24) is 20.0 Å². The molecule has 0 fully saturated rings. The second-order valence-electron chi connectivity index (χ2n) is 7.52. The van der Waals surface area contributed by atoms with Crippen LogP contribution < -0.4 is 16.4 Å². The quantitative estimate of drug-likeness (QED) is 0.684. The molecule has 2 heterocycles. The second-order valence-corrected chi connectivity index (χ2v) is 7.52. The van der Waals surface area contributed by atoms with E-state index in [0.29, 0.717) is 17.3 Å². The van der Waals surface area contributed by atoms with Crippen molar-refractivity contribution in [2.75, 3.05) is 13.1 Å². The monoisotopic (exact) mass is 392 g/mol. The highest BCUT2D eigenvalue weighted by Gasteiger charge is 2.21. The van der Waals surface area contributed by atoms with Crippen molar-refractivity contribution >= 4 is 16.7 Å². The third kappa shape index (κ3) is 4.00. The number of amides is 1. The number of carbonyl (C=O) groups is 1. The number of benzene rings is 2. The zero-order chi connectivity index (χ0) is 20.4. The SMILES string of the molecule is CC(CNC(=O)Cn1[nH]c(=O)c2ccccc2c1=O)N1CCc2ccccc2C1. The van der Waals surface area contributed by atoms with Gasteiger partial charge in [-0.25, -0.2) is 4.68 Å². The molecule has 150 valence electrons. The molecular weight excluding hydrogens is 368 g/mol. The third-order valence-corrected chi connectivity index (χ3v) is 5.56. The lowest BCUT2D eigenvalue weighted by Gasteiger charge is -2.33. The van der Waals surface area contributed by atoms with Crippen LogP contribution in [0.1, 0.15) is 18.1 Å². The molecule has 1 aromatic heterocycles. The maximum atomic E-state index is 12.5. The Bertz CT molecular complexity index is 1160. The van der Waals surface area contributed by atoms with Gasteiger partial charge in [-0.15, -0.1) is 0 Å². The normalized spacial score (nSPS) is 15.1. The van der Waals surface area contributed by atoms with Gasteiger partial charge in [0.05, 0.1) is 10.8 Å². The highest BCUT2D eigenvalue weighted by atomic mass is 16.2. The molecule has 0 spiro atoms.